The summed E-state index contributed by atoms with van der Waals surface area (Å²) in [6.07, 6.45) is -1.05. The van der Waals surface area contributed by atoms with E-state index in [-0.39, 0.29) is 17.1 Å². The number of methoxy groups -OCH3 is 1. The number of phenols is 2. The largest absolute Gasteiger partial charge is 0.507 e. The molecule has 0 aliphatic heterocycles. The third-order valence-corrected chi connectivity index (χ3v) is 3.47. The highest BCUT2D eigenvalue weighted by Gasteiger charge is 2.23. The Kier molecular flexibility index (Phi) is 5.59. The van der Waals surface area contributed by atoms with E-state index in [0.29, 0.717) is 23.9 Å². The van der Waals surface area contributed by atoms with Crippen molar-refractivity contribution in [2.45, 2.75) is 13.0 Å². The van der Waals surface area contributed by atoms with Crippen molar-refractivity contribution in [1.82, 2.24) is 5.32 Å². The van der Waals surface area contributed by atoms with Crippen molar-refractivity contribution in [2.24, 2.45) is 0 Å². The van der Waals surface area contributed by atoms with Crippen LogP contribution in [0.25, 0.3) is 10.8 Å². The molecule has 2 aromatic carbocycles. The number of benzene rings is 2. The standard InChI is InChI=1S/C17H19NO6/c1-10(16(21)18-7-8-23-2)24-17(22)13-9-14(19)11-5-3-4-6-12(11)15(13)20/h3-6,9-10,19-20H,7-8H2,1-2H3,(H,18,21)/t10-/m0/s1. The second-order valence-electron chi connectivity index (χ2n) is 5.17. The number of carbonyl (C=O) groups is 2. The number of carbonyl (C=O) groups excluding carboxylic acids is 2. The number of ether oxygens (including phenoxy) is 2. The number of aromatic hydroxyl groups is 2. The van der Waals surface area contributed by atoms with E-state index in [1.165, 1.54) is 14.0 Å². The van der Waals surface area contributed by atoms with E-state index in [9.17, 15) is 19.8 Å². The van der Waals surface area contributed by atoms with E-state index < -0.39 is 18.0 Å². The van der Waals surface area contributed by atoms with Gasteiger partial charge in [0.2, 0.25) is 0 Å². The van der Waals surface area contributed by atoms with Gasteiger partial charge in [0.25, 0.3) is 5.91 Å². The first kappa shape index (κ1) is 17.6. The number of esters is 1. The van der Waals surface area contributed by atoms with Crippen LogP contribution in [0, 0.1) is 0 Å². The van der Waals surface area contributed by atoms with Crippen LogP contribution in [0.3, 0.4) is 0 Å². The Morgan fingerprint density at radius 1 is 1.21 bits per heavy atom. The van der Waals surface area contributed by atoms with Gasteiger partial charge in [0.05, 0.1) is 6.61 Å². The second-order valence-corrected chi connectivity index (χ2v) is 5.17. The van der Waals surface area contributed by atoms with Gasteiger partial charge in [-0.15, -0.1) is 0 Å². The highest BCUT2D eigenvalue weighted by Crippen LogP contribution is 2.35. The third-order valence-electron chi connectivity index (χ3n) is 3.47. The number of rotatable bonds is 6. The van der Waals surface area contributed by atoms with E-state index in [1.807, 2.05) is 0 Å². The molecule has 2 rings (SSSR count). The van der Waals surface area contributed by atoms with Gasteiger partial charge in [0, 0.05) is 24.4 Å². The predicted octanol–water partition coefficient (Wildman–Crippen LogP) is 1.56. The lowest BCUT2D eigenvalue weighted by Crippen LogP contribution is -2.37. The fourth-order valence-corrected chi connectivity index (χ4v) is 2.19. The quantitative estimate of drug-likeness (QED) is 0.421. The van der Waals surface area contributed by atoms with Gasteiger partial charge in [-0.3, -0.25) is 4.79 Å². The Morgan fingerprint density at radius 2 is 1.88 bits per heavy atom. The van der Waals surface area contributed by atoms with Gasteiger partial charge in [-0.25, -0.2) is 4.79 Å². The number of phenolic OH excluding ortho intramolecular Hbond substituents is 2. The Morgan fingerprint density at radius 3 is 2.54 bits per heavy atom. The summed E-state index contributed by atoms with van der Waals surface area (Å²) in [5.41, 5.74) is -0.206. The van der Waals surface area contributed by atoms with Crippen LogP contribution in [0.2, 0.25) is 0 Å². The fraction of sp³-hybridized carbons (Fsp3) is 0.294. The van der Waals surface area contributed by atoms with Crippen molar-refractivity contribution in [3.63, 3.8) is 0 Å². The molecule has 0 bridgehead atoms. The van der Waals surface area contributed by atoms with Gasteiger partial charge in [-0.1, -0.05) is 24.3 Å². The van der Waals surface area contributed by atoms with E-state index in [2.05, 4.69) is 5.32 Å². The van der Waals surface area contributed by atoms with E-state index in [1.54, 1.807) is 24.3 Å². The summed E-state index contributed by atoms with van der Waals surface area (Å²) >= 11 is 0. The Labute approximate surface area is 138 Å². The number of amides is 1. The second kappa shape index (κ2) is 7.65. The van der Waals surface area contributed by atoms with Crippen LogP contribution in [-0.2, 0) is 14.3 Å². The number of hydrogen-bond donors (Lipinski definition) is 3. The van der Waals surface area contributed by atoms with Gasteiger partial charge in [-0.2, -0.15) is 0 Å². The van der Waals surface area contributed by atoms with Crippen molar-refractivity contribution in [3.05, 3.63) is 35.9 Å². The summed E-state index contributed by atoms with van der Waals surface area (Å²) in [6.45, 7) is 2.04. The van der Waals surface area contributed by atoms with Crippen LogP contribution in [-0.4, -0.2) is 48.5 Å². The zero-order valence-corrected chi connectivity index (χ0v) is 13.4. The molecule has 2 aromatic rings. The van der Waals surface area contributed by atoms with E-state index in [0.717, 1.165) is 6.07 Å². The van der Waals surface area contributed by atoms with Crippen LogP contribution >= 0.6 is 0 Å². The first-order valence-corrected chi connectivity index (χ1v) is 7.37. The molecule has 0 unspecified atom stereocenters. The zero-order chi connectivity index (χ0) is 17.7. The molecule has 24 heavy (non-hydrogen) atoms. The molecule has 0 heterocycles. The number of hydrogen-bond acceptors (Lipinski definition) is 6. The van der Waals surface area contributed by atoms with Crippen LogP contribution < -0.4 is 5.32 Å². The summed E-state index contributed by atoms with van der Waals surface area (Å²) in [4.78, 5) is 24.0. The minimum atomic E-state index is -1.05. The summed E-state index contributed by atoms with van der Waals surface area (Å²) in [5.74, 6) is -1.85. The van der Waals surface area contributed by atoms with Crippen LogP contribution in [0.1, 0.15) is 17.3 Å². The molecule has 0 saturated carbocycles. The van der Waals surface area contributed by atoms with Gasteiger partial charge in [-0.05, 0) is 13.0 Å². The summed E-state index contributed by atoms with van der Waals surface area (Å²) in [7, 11) is 1.50. The third kappa shape index (κ3) is 3.75. The van der Waals surface area contributed by atoms with E-state index >= 15 is 0 Å². The molecule has 1 atom stereocenters. The van der Waals surface area contributed by atoms with Crippen LogP contribution in [0.5, 0.6) is 11.5 Å². The molecule has 128 valence electrons. The summed E-state index contributed by atoms with van der Waals surface area (Å²) in [6, 6.07) is 7.68. The van der Waals surface area contributed by atoms with Crippen molar-refractivity contribution in [1.29, 1.82) is 0 Å². The number of fused-ring (bicyclic) bond motifs is 1. The average Bonchev–Trinajstić information content (AvgIpc) is 2.58. The van der Waals surface area contributed by atoms with Crippen molar-refractivity contribution in [2.75, 3.05) is 20.3 Å². The van der Waals surface area contributed by atoms with Crippen LogP contribution in [0.4, 0.5) is 0 Å². The van der Waals surface area contributed by atoms with Crippen molar-refractivity contribution >= 4 is 22.6 Å². The Hall–Kier alpha value is -2.80. The lowest BCUT2D eigenvalue weighted by Gasteiger charge is -2.15. The monoisotopic (exact) mass is 333 g/mol. The maximum atomic E-state index is 12.2. The first-order valence-electron chi connectivity index (χ1n) is 7.37. The van der Waals surface area contributed by atoms with Crippen molar-refractivity contribution < 1.29 is 29.3 Å². The van der Waals surface area contributed by atoms with Crippen molar-refractivity contribution in [3.8, 4) is 11.5 Å². The predicted molar refractivity (Wildman–Crippen MR) is 87.0 cm³/mol. The molecule has 0 spiro atoms. The summed E-state index contributed by atoms with van der Waals surface area (Å²) in [5, 5.41) is 23.5. The first-order chi connectivity index (χ1) is 11.5. The minimum Gasteiger partial charge on any atom is -0.507 e. The normalized spacial score (nSPS) is 11.9. The highest BCUT2D eigenvalue weighted by atomic mass is 16.5. The number of nitrogens with one attached hydrogen (secondary N) is 1. The maximum absolute atomic E-state index is 12.2. The lowest BCUT2D eigenvalue weighted by atomic mass is 10.0. The molecule has 3 N–H and O–H groups in total. The van der Waals surface area contributed by atoms with Gasteiger partial charge < -0.3 is 25.0 Å². The van der Waals surface area contributed by atoms with Gasteiger partial charge in [0.15, 0.2) is 6.10 Å². The Bertz CT molecular complexity index is 758. The maximum Gasteiger partial charge on any atom is 0.342 e. The van der Waals surface area contributed by atoms with Crippen LogP contribution in [0.15, 0.2) is 30.3 Å². The SMILES string of the molecule is COCCNC(=O)[C@H](C)OC(=O)c1cc(O)c2ccccc2c1O. The molecular weight excluding hydrogens is 314 g/mol. The molecule has 7 heteroatoms. The molecule has 0 aromatic heterocycles. The minimum absolute atomic E-state index is 0.160. The molecule has 0 saturated heterocycles. The smallest absolute Gasteiger partial charge is 0.342 e. The molecule has 0 fully saturated rings. The topological polar surface area (TPSA) is 105 Å². The molecule has 0 aliphatic carbocycles. The average molecular weight is 333 g/mol. The molecule has 1 amide bonds. The molecule has 7 nitrogen and oxygen atoms in total. The lowest BCUT2D eigenvalue weighted by molar-refractivity contribution is -0.129. The summed E-state index contributed by atoms with van der Waals surface area (Å²) < 4.78 is 9.86. The molecule has 0 radical (unpaired) electrons. The molecule has 0 aliphatic rings. The van der Waals surface area contributed by atoms with E-state index in [4.69, 9.17) is 9.47 Å². The van der Waals surface area contributed by atoms with Gasteiger partial charge in [0.1, 0.15) is 17.1 Å². The zero-order valence-electron chi connectivity index (χ0n) is 13.4. The van der Waals surface area contributed by atoms with Gasteiger partial charge >= 0.3 is 5.97 Å². The molecular formula is C17H19NO6. The Balaban J connectivity index is 2.17. The fourth-order valence-electron chi connectivity index (χ4n) is 2.19. The highest BCUT2D eigenvalue weighted by molar-refractivity contribution is 6.04.